The lowest BCUT2D eigenvalue weighted by molar-refractivity contribution is -0.144. The molecule has 7 heteroatoms. The molecule has 2 heterocycles. The Kier molecular flexibility index (Phi) is 5.29. The van der Waals surface area contributed by atoms with Crippen molar-refractivity contribution in [3.05, 3.63) is 66.6 Å². The molecule has 0 spiro atoms. The summed E-state index contributed by atoms with van der Waals surface area (Å²) in [6.07, 6.45) is 0.947. The first kappa shape index (κ1) is 18.7. The Morgan fingerprint density at radius 3 is 2.72 bits per heavy atom. The zero-order chi connectivity index (χ0) is 20.2. The molecule has 0 saturated heterocycles. The summed E-state index contributed by atoms with van der Waals surface area (Å²) in [5.74, 6) is 0.504. The first-order valence-corrected chi connectivity index (χ1v) is 9.34. The van der Waals surface area contributed by atoms with Gasteiger partial charge in [-0.05, 0) is 31.2 Å². The molecule has 3 aromatic rings. The standard InChI is InChI=1S/C22H20N2O5/c1-15-22(26)24(18-9-5-6-10-19(18)29-15)12-11-20(25)27-13-17-14-28-21(23-17)16-7-3-2-4-8-16/h2-10,14-15H,11-13H2,1H3. The summed E-state index contributed by atoms with van der Waals surface area (Å²) in [4.78, 5) is 30.5. The van der Waals surface area contributed by atoms with Gasteiger partial charge in [0, 0.05) is 12.1 Å². The Bertz CT molecular complexity index is 1010. The number of para-hydroxylation sites is 2. The van der Waals surface area contributed by atoms with Crippen LogP contribution in [0.4, 0.5) is 5.69 Å². The maximum atomic E-state index is 12.4. The number of rotatable bonds is 6. The molecule has 2 aromatic carbocycles. The van der Waals surface area contributed by atoms with Crippen molar-refractivity contribution in [2.45, 2.75) is 26.1 Å². The van der Waals surface area contributed by atoms with Gasteiger partial charge in [0.2, 0.25) is 5.89 Å². The van der Waals surface area contributed by atoms with Crippen molar-refractivity contribution in [3.8, 4) is 17.2 Å². The highest BCUT2D eigenvalue weighted by molar-refractivity contribution is 6.00. The number of benzene rings is 2. The van der Waals surface area contributed by atoms with Crippen LogP contribution in [0.25, 0.3) is 11.5 Å². The van der Waals surface area contributed by atoms with Gasteiger partial charge in [-0.25, -0.2) is 4.98 Å². The summed E-state index contributed by atoms with van der Waals surface area (Å²) < 4.78 is 16.3. The molecule has 1 atom stereocenters. The molecule has 0 bridgehead atoms. The SMILES string of the molecule is CC1Oc2ccccc2N(CCC(=O)OCc2coc(-c3ccccc3)n2)C1=O. The van der Waals surface area contributed by atoms with Gasteiger partial charge in [0.1, 0.15) is 24.3 Å². The lowest BCUT2D eigenvalue weighted by atomic mass is 10.2. The summed E-state index contributed by atoms with van der Waals surface area (Å²) in [5, 5.41) is 0. The molecular formula is C22H20N2O5. The second-order valence-electron chi connectivity index (χ2n) is 6.64. The molecule has 0 aliphatic carbocycles. The molecule has 1 unspecified atom stereocenters. The van der Waals surface area contributed by atoms with E-state index < -0.39 is 12.1 Å². The van der Waals surface area contributed by atoms with Crippen molar-refractivity contribution in [1.82, 2.24) is 4.98 Å². The van der Waals surface area contributed by atoms with E-state index in [9.17, 15) is 9.59 Å². The van der Waals surface area contributed by atoms with E-state index in [1.165, 1.54) is 6.26 Å². The van der Waals surface area contributed by atoms with E-state index in [-0.39, 0.29) is 25.5 Å². The van der Waals surface area contributed by atoms with E-state index in [0.717, 1.165) is 5.56 Å². The molecule has 0 radical (unpaired) electrons. The Morgan fingerprint density at radius 2 is 1.90 bits per heavy atom. The molecule has 148 valence electrons. The van der Waals surface area contributed by atoms with Crippen LogP contribution in [-0.4, -0.2) is 29.5 Å². The van der Waals surface area contributed by atoms with Crippen LogP contribution in [0.3, 0.4) is 0 Å². The fourth-order valence-electron chi connectivity index (χ4n) is 3.11. The fourth-order valence-corrected chi connectivity index (χ4v) is 3.11. The van der Waals surface area contributed by atoms with Crippen molar-refractivity contribution >= 4 is 17.6 Å². The van der Waals surface area contributed by atoms with Gasteiger partial charge < -0.3 is 18.8 Å². The number of ether oxygens (including phenoxy) is 2. The maximum Gasteiger partial charge on any atom is 0.307 e. The average molecular weight is 392 g/mol. The largest absolute Gasteiger partial charge is 0.479 e. The molecule has 7 nitrogen and oxygen atoms in total. The van der Waals surface area contributed by atoms with Gasteiger partial charge in [0.15, 0.2) is 6.10 Å². The van der Waals surface area contributed by atoms with E-state index in [2.05, 4.69) is 4.98 Å². The van der Waals surface area contributed by atoms with Crippen LogP contribution in [0.15, 0.2) is 65.3 Å². The van der Waals surface area contributed by atoms with Crippen molar-refractivity contribution in [2.75, 3.05) is 11.4 Å². The highest BCUT2D eigenvalue weighted by atomic mass is 16.5. The van der Waals surface area contributed by atoms with Gasteiger partial charge in [-0.1, -0.05) is 30.3 Å². The van der Waals surface area contributed by atoms with Crippen LogP contribution < -0.4 is 9.64 Å². The summed E-state index contributed by atoms with van der Waals surface area (Å²) in [7, 11) is 0. The van der Waals surface area contributed by atoms with Crippen LogP contribution >= 0.6 is 0 Å². The van der Waals surface area contributed by atoms with Gasteiger partial charge in [-0.2, -0.15) is 0 Å². The number of nitrogens with zero attached hydrogens (tertiary/aromatic N) is 2. The monoisotopic (exact) mass is 392 g/mol. The van der Waals surface area contributed by atoms with Gasteiger partial charge in [0.25, 0.3) is 5.91 Å². The van der Waals surface area contributed by atoms with Crippen LogP contribution in [-0.2, 0) is 20.9 Å². The number of anilines is 1. The number of carbonyl (C=O) groups is 2. The predicted molar refractivity (Wildman–Crippen MR) is 105 cm³/mol. The fraction of sp³-hybridized carbons (Fsp3) is 0.227. The van der Waals surface area contributed by atoms with Crippen LogP contribution in [0.1, 0.15) is 19.0 Å². The van der Waals surface area contributed by atoms with Crippen LogP contribution in [0.5, 0.6) is 5.75 Å². The third-order valence-electron chi connectivity index (χ3n) is 4.57. The lowest BCUT2D eigenvalue weighted by Gasteiger charge is -2.32. The van der Waals surface area contributed by atoms with E-state index >= 15 is 0 Å². The molecule has 0 fully saturated rings. The molecule has 0 N–H and O–H groups in total. The number of oxazole rings is 1. The number of carbonyl (C=O) groups excluding carboxylic acids is 2. The number of fused-ring (bicyclic) bond motifs is 1. The normalized spacial score (nSPS) is 15.6. The van der Waals surface area contributed by atoms with E-state index in [4.69, 9.17) is 13.9 Å². The minimum absolute atomic E-state index is 0.0131. The zero-order valence-corrected chi connectivity index (χ0v) is 15.9. The second kappa shape index (κ2) is 8.18. The lowest BCUT2D eigenvalue weighted by Crippen LogP contribution is -2.45. The van der Waals surface area contributed by atoms with E-state index in [1.54, 1.807) is 24.0 Å². The molecular weight excluding hydrogens is 372 g/mol. The first-order valence-electron chi connectivity index (χ1n) is 9.34. The van der Waals surface area contributed by atoms with Crippen molar-refractivity contribution in [3.63, 3.8) is 0 Å². The molecule has 1 aromatic heterocycles. The van der Waals surface area contributed by atoms with Crippen LogP contribution in [0.2, 0.25) is 0 Å². The Labute approximate surface area is 167 Å². The molecule has 29 heavy (non-hydrogen) atoms. The summed E-state index contributed by atoms with van der Waals surface area (Å²) in [6, 6.07) is 16.7. The van der Waals surface area contributed by atoms with Crippen molar-refractivity contribution < 1.29 is 23.5 Å². The maximum absolute atomic E-state index is 12.4. The minimum atomic E-state index is -0.590. The van der Waals surface area contributed by atoms with E-state index in [1.807, 2.05) is 42.5 Å². The Hall–Kier alpha value is -3.61. The Morgan fingerprint density at radius 1 is 1.14 bits per heavy atom. The number of hydrogen-bond acceptors (Lipinski definition) is 6. The summed E-state index contributed by atoms with van der Waals surface area (Å²) >= 11 is 0. The average Bonchev–Trinajstić information content (AvgIpc) is 3.22. The summed E-state index contributed by atoms with van der Waals surface area (Å²) in [6.45, 7) is 1.92. The molecule has 1 aliphatic heterocycles. The van der Waals surface area contributed by atoms with E-state index in [0.29, 0.717) is 23.0 Å². The van der Waals surface area contributed by atoms with Crippen LogP contribution in [0, 0.1) is 0 Å². The second-order valence-corrected chi connectivity index (χ2v) is 6.64. The van der Waals surface area contributed by atoms with Gasteiger partial charge >= 0.3 is 5.97 Å². The number of amides is 1. The number of aromatic nitrogens is 1. The minimum Gasteiger partial charge on any atom is -0.479 e. The molecule has 0 saturated carbocycles. The van der Waals surface area contributed by atoms with Crippen molar-refractivity contribution in [2.24, 2.45) is 0 Å². The molecule has 1 aliphatic rings. The zero-order valence-electron chi connectivity index (χ0n) is 15.9. The number of esters is 1. The van der Waals surface area contributed by atoms with Gasteiger partial charge in [0.05, 0.1) is 12.1 Å². The molecule has 1 amide bonds. The van der Waals surface area contributed by atoms with Crippen molar-refractivity contribution in [1.29, 1.82) is 0 Å². The highest BCUT2D eigenvalue weighted by Gasteiger charge is 2.31. The Balaban J connectivity index is 1.33. The van der Waals surface area contributed by atoms with Gasteiger partial charge in [-0.15, -0.1) is 0 Å². The molecule has 4 rings (SSSR count). The topological polar surface area (TPSA) is 81.9 Å². The predicted octanol–water partition coefficient (Wildman–Crippen LogP) is 3.59. The highest BCUT2D eigenvalue weighted by Crippen LogP contribution is 2.33. The summed E-state index contributed by atoms with van der Waals surface area (Å²) in [5.41, 5.74) is 2.04. The first-order chi connectivity index (χ1) is 14.1. The number of hydrogen-bond donors (Lipinski definition) is 0. The third-order valence-corrected chi connectivity index (χ3v) is 4.57. The quantitative estimate of drug-likeness (QED) is 0.596. The third kappa shape index (κ3) is 4.13. The van der Waals surface area contributed by atoms with Gasteiger partial charge in [-0.3, -0.25) is 9.59 Å². The smallest absolute Gasteiger partial charge is 0.307 e.